The van der Waals surface area contributed by atoms with E-state index < -0.39 is 0 Å². The highest BCUT2D eigenvalue weighted by Crippen LogP contribution is 2.58. The number of hydrogen-bond acceptors (Lipinski definition) is 3. The maximum Gasteiger partial charge on any atom is 0.244 e. The van der Waals surface area contributed by atoms with Crippen LogP contribution in [0.25, 0.3) is 0 Å². The molecule has 0 bridgehead atoms. The van der Waals surface area contributed by atoms with E-state index in [1.165, 1.54) is 16.8 Å². The van der Waals surface area contributed by atoms with Crippen LogP contribution in [0.2, 0.25) is 0 Å². The second-order valence-corrected chi connectivity index (χ2v) is 7.96. The Balaban J connectivity index is 1.45. The van der Waals surface area contributed by atoms with Crippen molar-refractivity contribution in [1.82, 2.24) is 5.43 Å². The van der Waals surface area contributed by atoms with Gasteiger partial charge in [-0.1, -0.05) is 72.8 Å². The number of amides is 1. The minimum Gasteiger partial charge on any atom is -0.372 e. The molecule has 1 aliphatic rings. The maximum absolute atomic E-state index is 12.9. The molecule has 1 amide bonds. The van der Waals surface area contributed by atoms with Crippen molar-refractivity contribution in [3.63, 3.8) is 0 Å². The maximum atomic E-state index is 12.9. The van der Waals surface area contributed by atoms with Crippen LogP contribution in [0, 0.1) is 5.92 Å². The zero-order valence-corrected chi connectivity index (χ0v) is 18.2. The smallest absolute Gasteiger partial charge is 0.244 e. The number of carbonyl (C=O) groups excluding carboxylic acids is 1. The van der Waals surface area contributed by atoms with Crippen LogP contribution in [0.15, 0.2) is 90.0 Å². The van der Waals surface area contributed by atoms with Crippen LogP contribution in [0.1, 0.15) is 37.0 Å². The van der Waals surface area contributed by atoms with Crippen molar-refractivity contribution < 1.29 is 4.79 Å². The molecule has 0 radical (unpaired) electrons. The molecule has 0 aliphatic heterocycles. The van der Waals surface area contributed by atoms with Gasteiger partial charge in [0.15, 0.2) is 0 Å². The lowest BCUT2D eigenvalue weighted by molar-refractivity contribution is -0.122. The van der Waals surface area contributed by atoms with Crippen molar-refractivity contribution in [3.8, 4) is 0 Å². The van der Waals surface area contributed by atoms with Crippen LogP contribution >= 0.6 is 0 Å². The number of rotatable bonds is 8. The van der Waals surface area contributed by atoms with Crippen molar-refractivity contribution in [3.05, 3.63) is 102 Å². The number of nitrogens with zero attached hydrogens (tertiary/aromatic N) is 2. The molecule has 4 heteroatoms. The molecule has 0 spiro atoms. The summed E-state index contributed by atoms with van der Waals surface area (Å²) in [5.41, 5.74) is 7.01. The molecular formula is C27H29N3O. The predicted octanol–water partition coefficient (Wildman–Crippen LogP) is 4.99. The fourth-order valence-corrected chi connectivity index (χ4v) is 4.46. The molecule has 31 heavy (non-hydrogen) atoms. The Bertz CT molecular complexity index is 986. The normalized spacial score (nSPS) is 16.8. The summed E-state index contributed by atoms with van der Waals surface area (Å²) in [6.07, 6.45) is 2.50. The third-order valence-electron chi connectivity index (χ3n) is 6.27. The van der Waals surface area contributed by atoms with Gasteiger partial charge in [0.2, 0.25) is 5.91 Å². The zero-order chi connectivity index (χ0) is 21.7. The van der Waals surface area contributed by atoms with E-state index in [1.807, 2.05) is 48.5 Å². The SMILES string of the molecule is CCN(CC)c1ccc(/C=N\NC(=O)[C@H]2CC2(c2ccccc2)c2ccccc2)cc1. The molecule has 0 unspecified atom stereocenters. The second kappa shape index (κ2) is 9.17. The fraction of sp³-hybridized carbons (Fsp3) is 0.259. The monoisotopic (exact) mass is 411 g/mol. The van der Waals surface area contributed by atoms with Crippen LogP contribution < -0.4 is 10.3 Å². The molecule has 1 aliphatic carbocycles. The van der Waals surface area contributed by atoms with Crippen molar-refractivity contribution >= 4 is 17.8 Å². The molecule has 1 N–H and O–H groups in total. The number of hydrazone groups is 1. The Labute approximate surface area is 184 Å². The lowest BCUT2D eigenvalue weighted by Crippen LogP contribution is -2.25. The average molecular weight is 412 g/mol. The van der Waals surface area contributed by atoms with E-state index in [2.05, 4.69) is 65.7 Å². The van der Waals surface area contributed by atoms with Gasteiger partial charge in [0, 0.05) is 24.2 Å². The molecule has 0 saturated heterocycles. The summed E-state index contributed by atoms with van der Waals surface area (Å²) in [6, 6.07) is 28.8. The minimum absolute atomic E-state index is 0.0382. The molecule has 4 rings (SSSR count). The van der Waals surface area contributed by atoms with Crippen LogP contribution in [0.5, 0.6) is 0 Å². The number of nitrogens with one attached hydrogen (secondary N) is 1. The van der Waals surface area contributed by atoms with Gasteiger partial charge in [-0.3, -0.25) is 4.79 Å². The molecular weight excluding hydrogens is 382 g/mol. The van der Waals surface area contributed by atoms with E-state index >= 15 is 0 Å². The van der Waals surface area contributed by atoms with Gasteiger partial charge in [0.25, 0.3) is 0 Å². The Kier molecular flexibility index (Phi) is 6.17. The van der Waals surface area contributed by atoms with Crippen LogP contribution in [0.3, 0.4) is 0 Å². The molecule has 0 aromatic heterocycles. The van der Waals surface area contributed by atoms with Gasteiger partial charge in [0.1, 0.15) is 0 Å². The van der Waals surface area contributed by atoms with Crippen molar-refractivity contribution in [2.75, 3.05) is 18.0 Å². The van der Waals surface area contributed by atoms with Gasteiger partial charge in [-0.05, 0) is 49.1 Å². The standard InChI is InChI=1S/C27H29N3O/c1-3-30(4-2)24-17-15-21(16-18-24)20-28-29-26(31)25-19-27(25,22-11-7-5-8-12-22)23-13-9-6-10-14-23/h5-18,20,25H,3-4,19H2,1-2H3,(H,29,31)/b28-20-/t25-/m1/s1. The molecule has 3 aromatic carbocycles. The van der Waals surface area contributed by atoms with E-state index in [1.54, 1.807) is 6.21 Å². The highest BCUT2D eigenvalue weighted by molar-refractivity contribution is 5.87. The summed E-state index contributed by atoms with van der Waals surface area (Å²) < 4.78 is 0. The van der Waals surface area contributed by atoms with Gasteiger partial charge < -0.3 is 4.90 Å². The minimum atomic E-state index is -0.270. The summed E-state index contributed by atoms with van der Waals surface area (Å²) in [4.78, 5) is 15.2. The summed E-state index contributed by atoms with van der Waals surface area (Å²) in [5.74, 6) is -0.164. The first-order valence-electron chi connectivity index (χ1n) is 11.0. The summed E-state index contributed by atoms with van der Waals surface area (Å²) in [6.45, 7) is 6.26. The van der Waals surface area contributed by atoms with Gasteiger partial charge >= 0.3 is 0 Å². The fourth-order valence-electron chi connectivity index (χ4n) is 4.46. The summed E-state index contributed by atoms with van der Waals surface area (Å²) >= 11 is 0. The van der Waals surface area contributed by atoms with E-state index in [0.29, 0.717) is 0 Å². The predicted molar refractivity (Wildman–Crippen MR) is 128 cm³/mol. The van der Waals surface area contributed by atoms with Crippen LogP contribution in [-0.2, 0) is 10.2 Å². The van der Waals surface area contributed by atoms with Gasteiger partial charge in [-0.25, -0.2) is 5.43 Å². The molecule has 1 saturated carbocycles. The highest BCUT2D eigenvalue weighted by atomic mass is 16.2. The quantitative estimate of drug-likeness (QED) is 0.419. The largest absolute Gasteiger partial charge is 0.372 e. The van der Waals surface area contributed by atoms with Crippen molar-refractivity contribution in [2.24, 2.45) is 11.0 Å². The van der Waals surface area contributed by atoms with Crippen LogP contribution in [0.4, 0.5) is 5.69 Å². The molecule has 1 fully saturated rings. The molecule has 3 aromatic rings. The first-order chi connectivity index (χ1) is 15.2. The van der Waals surface area contributed by atoms with Crippen molar-refractivity contribution in [2.45, 2.75) is 25.7 Å². The molecule has 158 valence electrons. The van der Waals surface area contributed by atoms with E-state index in [-0.39, 0.29) is 17.2 Å². The topological polar surface area (TPSA) is 44.7 Å². The van der Waals surface area contributed by atoms with Crippen LogP contribution in [-0.4, -0.2) is 25.2 Å². The molecule has 4 nitrogen and oxygen atoms in total. The Morgan fingerprint density at radius 1 is 0.935 bits per heavy atom. The number of anilines is 1. The van der Waals surface area contributed by atoms with E-state index in [0.717, 1.165) is 25.1 Å². The Hall–Kier alpha value is -3.40. The highest BCUT2D eigenvalue weighted by Gasteiger charge is 2.60. The number of benzene rings is 3. The van der Waals surface area contributed by atoms with Gasteiger partial charge in [0.05, 0.1) is 12.1 Å². The van der Waals surface area contributed by atoms with E-state index in [4.69, 9.17) is 0 Å². The summed E-state index contributed by atoms with van der Waals surface area (Å²) in [7, 11) is 0. The average Bonchev–Trinajstić information content (AvgIpc) is 3.59. The summed E-state index contributed by atoms with van der Waals surface area (Å²) in [5, 5.41) is 4.23. The van der Waals surface area contributed by atoms with Gasteiger partial charge in [-0.2, -0.15) is 5.10 Å². The molecule has 1 atom stereocenters. The Morgan fingerprint density at radius 2 is 1.48 bits per heavy atom. The Morgan fingerprint density at radius 3 is 2.00 bits per heavy atom. The third kappa shape index (κ3) is 4.24. The molecule has 0 heterocycles. The number of hydrogen-bond donors (Lipinski definition) is 1. The second-order valence-electron chi connectivity index (χ2n) is 7.96. The van der Waals surface area contributed by atoms with Gasteiger partial charge in [-0.15, -0.1) is 0 Å². The lowest BCUT2D eigenvalue weighted by Gasteiger charge is -2.20. The van der Waals surface area contributed by atoms with Crippen molar-refractivity contribution in [1.29, 1.82) is 0 Å². The lowest BCUT2D eigenvalue weighted by atomic mass is 9.85. The number of carbonyl (C=O) groups is 1. The first-order valence-corrected chi connectivity index (χ1v) is 11.0. The zero-order valence-electron chi connectivity index (χ0n) is 18.2. The third-order valence-corrected chi connectivity index (χ3v) is 6.27. The first kappa shape index (κ1) is 20.9. The van der Waals surface area contributed by atoms with E-state index in [9.17, 15) is 4.79 Å².